The van der Waals surface area contributed by atoms with Crippen molar-refractivity contribution in [2.24, 2.45) is 0 Å². The smallest absolute Gasteiger partial charge is 0.127 e. The molecular weight excluding hydrogens is 372 g/mol. The molecule has 0 spiro atoms. The topological polar surface area (TPSA) is 46.9 Å². The summed E-state index contributed by atoms with van der Waals surface area (Å²) in [7, 11) is 8.00. The predicted molar refractivity (Wildman–Crippen MR) is 125 cm³/mol. The van der Waals surface area contributed by atoms with E-state index in [1.807, 2.05) is 64.6 Å². The van der Waals surface area contributed by atoms with Crippen LogP contribution in [-0.4, -0.2) is 48.2 Å². The van der Waals surface area contributed by atoms with Crippen molar-refractivity contribution >= 4 is 21.5 Å². The highest BCUT2D eigenvalue weighted by Gasteiger charge is 2.18. The van der Waals surface area contributed by atoms with Crippen LogP contribution in [0.2, 0.25) is 0 Å². The van der Waals surface area contributed by atoms with E-state index < -0.39 is 0 Å². The van der Waals surface area contributed by atoms with Gasteiger partial charge in [0.25, 0.3) is 0 Å². The van der Waals surface area contributed by atoms with E-state index in [2.05, 4.69) is 34.1 Å². The van der Waals surface area contributed by atoms with Gasteiger partial charge < -0.3 is 20.0 Å². The van der Waals surface area contributed by atoms with Crippen molar-refractivity contribution < 1.29 is 10.2 Å². The summed E-state index contributed by atoms with van der Waals surface area (Å²) in [6, 6.07) is 20.1. The van der Waals surface area contributed by atoms with Crippen molar-refractivity contribution in [3.05, 3.63) is 71.8 Å². The SMILES string of the molecule is CN(C)Cc1cc(-c2cc(CN(C)C)c(O)c3ccccc23)c2ccccc2c1O. The van der Waals surface area contributed by atoms with Crippen LogP contribution < -0.4 is 0 Å². The molecule has 0 atom stereocenters. The molecule has 4 rings (SSSR count). The van der Waals surface area contributed by atoms with Crippen LogP contribution in [0.4, 0.5) is 0 Å². The Balaban J connectivity index is 2.09. The summed E-state index contributed by atoms with van der Waals surface area (Å²) in [5.74, 6) is 0.666. The largest absolute Gasteiger partial charge is 0.507 e. The molecule has 0 heterocycles. The molecule has 0 aliphatic rings. The number of nitrogens with zero attached hydrogens (tertiary/aromatic N) is 2. The maximum absolute atomic E-state index is 10.9. The predicted octanol–water partition coefficient (Wildman–Crippen LogP) is 5.19. The summed E-state index contributed by atoms with van der Waals surface area (Å²) in [6.07, 6.45) is 0. The summed E-state index contributed by atoms with van der Waals surface area (Å²) in [5.41, 5.74) is 3.91. The molecule has 0 saturated carbocycles. The van der Waals surface area contributed by atoms with Gasteiger partial charge in [0.05, 0.1) is 0 Å². The Hall–Kier alpha value is -3.08. The lowest BCUT2D eigenvalue weighted by atomic mass is 9.89. The van der Waals surface area contributed by atoms with Crippen LogP contribution in [0.15, 0.2) is 60.7 Å². The van der Waals surface area contributed by atoms with Gasteiger partial charge in [-0.2, -0.15) is 0 Å². The van der Waals surface area contributed by atoms with Crippen LogP contribution >= 0.6 is 0 Å². The van der Waals surface area contributed by atoms with Crippen molar-refractivity contribution in [3.8, 4) is 22.6 Å². The summed E-state index contributed by atoms with van der Waals surface area (Å²) < 4.78 is 0. The van der Waals surface area contributed by atoms with Crippen LogP contribution in [0, 0.1) is 0 Å². The lowest BCUT2D eigenvalue weighted by Crippen LogP contribution is -2.11. The van der Waals surface area contributed by atoms with E-state index in [1.165, 1.54) is 0 Å². The first-order valence-corrected chi connectivity index (χ1v) is 10.1. The fraction of sp³-hybridized carbons (Fsp3) is 0.231. The summed E-state index contributed by atoms with van der Waals surface area (Å²) in [5, 5.41) is 25.6. The Morgan fingerprint density at radius 3 is 1.23 bits per heavy atom. The van der Waals surface area contributed by atoms with Crippen molar-refractivity contribution in [1.82, 2.24) is 9.80 Å². The molecule has 0 fully saturated rings. The van der Waals surface area contributed by atoms with Gasteiger partial charge in [-0.3, -0.25) is 0 Å². The standard InChI is InChI=1S/C26H28N2O2/c1-27(2)15-17-13-23(19-9-5-7-11-21(19)25(17)29)24-14-18(16-28(3)4)26(30)22-12-8-6-10-20(22)24/h5-14,29-30H,15-16H2,1-4H3. The fourth-order valence-corrected chi connectivity index (χ4v) is 4.20. The molecular formula is C26H28N2O2. The molecule has 0 radical (unpaired) electrons. The number of aromatic hydroxyl groups is 2. The molecule has 0 saturated heterocycles. The Bertz CT molecular complexity index is 1130. The zero-order valence-electron chi connectivity index (χ0n) is 18.0. The van der Waals surface area contributed by atoms with Crippen LogP contribution in [0.3, 0.4) is 0 Å². The average Bonchev–Trinajstić information content (AvgIpc) is 2.72. The molecule has 4 heteroatoms. The monoisotopic (exact) mass is 400 g/mol. The number of benzene rings is 4. The zero-order valence-corrected chi connectivity index (χ0v) is 18.0. The number of phenols is 2. The molecule has 30 heavy (non-hydrogen) atoms. The third-order valence-electron chi connectivity index (χ3n) is 5.45. The number of fused-ring (bicyclic) bond motifs is 2. The highest BCUT2D eigenvalue weighted by molar-refractivity contribution is 6.09. The van der Waals surface area contributed by atoms with E-state index >= 15 is 0 Å². The Morgan fingerprint density at radius 1 is 0.567 bits per heavy atom. The molecule has 154 valence electrons. The van der Waals surface area contributed by atoms with Crippen LogP contribution in [0.5, 0.6) is 11.5 Å². The maximum Gasteiger partial charge on any atom is 0.127 e. The quantitative estimate of drug-likeness (QED) is 0.484. The molecule has 4 aromatic rings. The molecule has 0 unspecified atom stereocenters. The lowest BCUT2D eigenvalue weighted by Gasteiger charge is -2.20. The van der Waals surface area contributed by atoms with E-state index in [1.54, 1.807) is 0 Å². The second kappa shape index (κ2) is 7.98. The van der Waals surface area contributed by atoms with Crippen molar-refractivity contribution in [2.45, 2.75) is 13.1 Å². The third kappa shape index (κ3) is 3.60. The first-order chi connectivity index (χ1) is 14.4. The van der Waals surface area contributed by atoms with Gasteiger partial charge in [0.2, 0.25) is 0 Å². The lowest BCUT2D eigenvalue weighted by molar-refractivity contribution is 0.387. The highest BCUT2D eigenvalue weighted by atomic mass is 16.3. The average molecular weight is 401 g/mol. The first-order valence-electron chi connectivity index (χ1n) is 10.1. The number of rotatable bonds is 5. The van der Waals surface area contributed by atoms with Gasteiger partial charge in [-0.1, -0.05) is 48.5 Å². The summed E-state index contributed by atoms with van der Waals surface area (Å²) in [6.45, 7) is 1.29. The van der Waals surface area contributed by atoms with Crippen molar-refractivity contribution in [3.63, 3.8) is 0 Å². The highest BCUT2D eigenvalue weighted by Crippen LogP contribution is 2.43. The second-order valence-electron chi connectivity index (χ2n) is 8.43. The molecule has 2 N–H and O–H groups in total. The summed E-state index contributed by atoms with van der Waals surface area (Å²) >= 11 is 0. The van der Waals surface area contributed by atoms with Gasteiger partial charge in [-0.05, 0) is 62.2 Å². The van der Waals surface area contributed by atoms with Gasteiger partial charge in [0.1, 0.15) is 11.5 Å². The molecule has 4 aromatic carbocycles. The van der Waals surface area contributed by atoms with Crippen molar-refractivity contribution in [1.29, 1.82) is 0 Å². The minimum absolute atomic E-state index is 0.333. The number of hydrogen-bond donors (Lipinski definition) is 2. The molecule has 0 aliphatic carbocycles. The second-order valence-corrected chi connectivity index (χ2v) is 8.43. The van der Waals surface area contributed by atoms with Crippen molar-refractivity contribution in [2.75, 3.05) is 28.2 Å². The molecule has 4 nitrogen and oxygen atoms in total. The van der Waals surface area contributed by atoms with Gasteiger partial charge in [-0.25, -0.2) is 0 Å². The zero-order chi connectivity index (χ0) is 21.4. The molecule has 0 aliphatic heterocycles. The van der Waals surface area contributed by atoms with Crippen LogP contribution in [0.25, 0.3) is 32.7 Å². The van der Waals surface area contributed by atoms with E-state index in [9.17, 15) is 10.2 Å². The van der Waals surface area contributed by atoms with Crippen LogP contribution in [-0.2, 0) is 13.1 Å². The van der Waals surface area contributed by atoms with Gasteiger partial charge in [-0.15, -0.1) is 0 Å². The minimum atomic E-state index is 0.333. The maximum atomic E-state index is 10.9. The van der Waals surface area contributed by atoms with E-state index in [-0.39, 0.29) is 0 Å². The summed E-state index contributed by atoms with van der Waals surface area (Å²) in [4.78, 5) is 4.11. The minimum Gasteiger partial charge on any atom is -0.507 e. The normalized spacial score (nSPS) is 11.8. The van der Waals surface area contributed by atoms with E-state index in [0.717, 1.165) is 43.8 Å². The van der Waals surface area contributed by atoms with E-state index in [4.69, 9.17) is 0 Å². The van der Waals surface area contributed by atoms with E-state index in [0.29, 0.717) is 24.6 Å². The van der Waals surface area contributed by atoms with Gasteiger partial charge in [0.15, 0.2) is 0 Å². The van der Waals surface area contributed by atoms with Crippen LogP contribution in [0.1, 0.15) is 11.1 Å². The Kier molecular flexibility index (Phi) is 5.37. The van der Waals surface area contributed by atoms with Gasteiger partial charge >= 0.3 is 0 Å². The molecule has 0 bridgehead atoms. The number of phenolic OH excluding ortho intramolecular Hbond substituents is 2. The number of hydrogen-bond acceptors (Lipinski definition) is 4. The van der Waals surface area contributed by atoms with Gasteiger partial charge in [0, 0.05) is 35.0 Å². The first kappa shape index (κ1) is 20.2. The Labute approximate surface area is 177 Å². The third-order valence-corrected chi connectivity index (χ3v) is 5.45. The molecule has 0 aromatic heterocycles. The Morgan fingerprint density at radius 2 is 0.900 bits per heavy atom. The molecule has 0 amide bonds. The fourth-order valence-electron chi connectivity index (χ4n) is 4.20.